The predicted molar refractivity (Wildman–Crippen MR) is 87.5 cm³/mol. The van der Waals surface area contributed by atoms with Gasteiger partial charge in [-0.1, -0.05) is 30.3 Å². The van der Waals surface area contributed by atoms with Crippen LogP contribution in [0, 0.1) is 0 Å². The smallest absolute Gasteiger partial charge is 0.186 e. The van der Waals surface area contributed by atoms with Gasteiger partial charge in [0, 0.05) is 12.6 Å². The Morgan fingerprint density at radius 3 is 2.85 bits per heavy atom. The molecule has 104 valence electrons. The monoisotopic (exact) mass is 287 g/mol. The Morgan fingerprint density at radius 1 is 1.30 bits per heavy atom. The first-order valence-corrected chi connectivity index (χ1v) is 6.82. The van der Waals surface area contributed by atoms with E-state index in [0.717, 1.165) is 22.1 Å². The molecule has 0 aliphatic carbocycles. The molecule has 2 aromatic rings. The molecule has 0 saturated carbocycles. The summed E-state index contributed by atoms with van der Waals surface area (Å²) in [4.78, 5) is 0. The van der Waals surface area contributed by atoms with Crippen LogP contribution in [-0.4, -0.2) is 25.0 Å². The SMILES string of the molecule is CCOc1ccc2ccccc2c1/C=N\NC(=S)NC. The Morgan fingerprint density at radius 2 is 2.10 bits per heavy atom. The highest BCUT2D eigenvalue weighted by Crippen LogP contribution is 2.26. The second-order valence-electron chi connectivity index (χ2n) is 4.08. The van der Waals surface area contributed by atoms with E-state index in [2.05, 4.69) is 28.0 Å². The lowest BCUT2D eigenvalue weighted by Crippen LogP contribution is -2.28. The maximum atomic E-state index is 5.66. The first kappa shape index (κ1) is 14.3. The lowest BCUT2D eigenvalue weighted by Gasteiger charge is -2.10. The summed E-state index contributed by atoms with van der Waals surface area (Å²) >= 11 is 4.98. The van der Waals surface area contributed by atoms with Crippen LogP contribution in [-0.2, 0) is 0 Å². The fourth-order valence-corrected chi connectivity index (χ4v) is 1.95. The Kier molecular flexibility index (Phi) is 4.90. The molecule has 0 fully saturated rings. The van der Waals surface area contributed by atoms with Crippen LogP contribution in [0.4, 0.5) is 0 Å². The lowest BCUT2D eigenvalue weighted by atomic mass is 10.0. The zero-order valence-corrected chi connectivity index (χ0v) is 12.3. The Labute approximate surface area is 123 Å². The average Bonchev–Trinajstić information content (AvgIpc) is 2.49. The van der Waals surface area contributed by atoms with Crippen molar-refractivity contribution in [2.24, 2.45) is 5.10 Å². The zero-order chi connectivity index (χ0) is 14.4. The molecular weight excluding hydrogens is 270 g/mol. The molecule has 4 nitrogen and oxygen atoms in total. The van der Waals surface area contributed by atoms with Crippen LogP contribution in [0.1, 0.15) is 12.5 Å². The molecule has 0 radical (unpaired) electrons. The largest absolute Gasteiger partial charge is 0.493 e. The lowest BCUT2D eigenvalue weighted by molar-refractivity contribution is 0.340. The highest BCUT2D eigenvalue weighted by molar-refractivity contribution is 7.80. The van der Waals surface area contributed by atoms with Crippen LogP contribution < -0.4 is 15.5 Å². The minimum atomic E-state index is 0.472. The fourth-order valence-electron chi connectivity index (χ4n) is 1.90. The van der Waals surface area contributed by atoms with Crippen molar-refractivity contribution in [1.82, 2.24) is 10.7 Å². The van der Waals surface area contributed by atoms with Crippen LogP contribution in [0.25, 0.3) is 10.8 Å². The van der Waals surface area contributed by atoms with Gasteiger partial charge >= 0.3 is 0 Å². The molecule has 2 aromatic carbocycles. The quantitative estimate of drug-likeness (QED) is 0.515. The topological polar surface area (TPSA) is 45.6 Å². The second-order valence-corrected chi connectivity index (χ2v) is 4.49. The maximum Gasteiger partial charge on any atom is 0.186 e. The van der Waals surface area contributed by atoms with Gasteiger partial charge in [-0.3, -0.25) is 5.43 Å². The highest BCUT2D eigenvalue weighted by Gasteiger charge is 2.06. The molecule has 2 rings (SSSR count). The summed E-state index contributed by atoms with van der Waals surface area (Å²) in [5.41, 5.74) is 3.69. The Hall–Kier alpha value is -2.14. The summed E-state index contributed by atoms with van der Waals surface area (Å²) in [6.07, 6.45) is 1.73. The molecule has 0 saturated heterocycles. The van der Waals surface area contributed by atoms with Crippen LogP contribution in [0.2, 0.25) is 0 Å². The van der Waals surface area contributed by atoms with Crippen LogP contribution in [0.15, 0.2) is 41.5 Å². The first-order valence-electron chi connectivity index (χ1n) is 6.41. The van der Waals surface area contributed by atoms with Gasteiger partial charge in [-0.05, 0) is 36.0 Å². The summed E-state index contributed by atoms with van der Waals surface area (Å²) in [7, 11) is 1.74. The molecule has 0 aromatic heterocycles. The molecule has 0 amide bonds. The number of ether oxygens (including phenoxy) is 1. The van der Waals surface area contributed by atoms with Gasteiger partial charge in [-0.25, -0.2) is 0 Å². The van der Waals surface area contributed by atoms with Gasteiger partial charge in [0.2, 0.25) is 0 Å². The van der Waals surface area contributed by atoms with Crippen LogP contribution in [0.3, 0.4) is 0 Å². The molecule has 2 N–H and O–H groups in total. The van der Waals surface area contributed by atoms with Crippen LogP contribution in [0.5, 0.6) is 5.75 Å². The van der Waals surface area contributed by atoms with Crippen molar-refractivity contribution in [1.29, 1.82) is 0 Å². The van der Waals surface area contributed by atoms with Gasteiger partial charge in [0.1, 0.15) is 5.75 Å². The number of benzene rings is 2. The Bertz CT molecular complexity index is 640. The van der Waals surface area contributed by atoms with Crippen molar-refractivity contribution < 1.29 is 4.74 Å². The minimum absolute atomic E-state index is 0.472. The molecule has 0 bridgehead atoms. The summed E-state index contributed by atoms with van der Waals surface area (Å²) < 4.78 is 5.66. The van der Waals surface area contributed by atoms with E-state index in [9.17, 15) is 0 Å². The van der Waals surface area contributed by atoms with Gasteiger partial charge in [-0.2, -0.15) is 5.10 Å². The first-order chi connectivity index (χ1) is 9.76. The third-order valence-electron chi connectivity index (χ3n) is 2.82. The normalized spacial score (nSPS) is 10.7. The predicted octanol–water partition coefficient (Wildman–Crippen LogP) is 2.67. The molecule has 0 aliphatic rings. The molecule has 0 unspecified atom stereocenters. The summed E-state index contributed by atoms with van der Waals surface area (Å²) in [5, 5.41) is 9.67. The van der Waals surface area contributed by atoms with Crippen LogP contribution >= 0.6 is 12.2 Å². The second kappa shape index (κ2) is 6.86. The van der Waals surface area contributed by atoms with E-state index in [1.54, 1.807) is 13.3 Å². The van der Waals surface area contributed by atoms with Gasteiger partial charge < -0.3 is 10.1 Å². The van der Waals surface area contributed by atoms with E-state index in [1.807, 2.05) is 31.2 Å². The standard InChI is InChI=1S/C15H17N3OS/c1-3-19-14-9-8-11-6-4-5-7-12(11)13(14)10-17-18-15(20)16-2/h4-10H,3H2,1-2H3,(H2,16,18,20)/b17-10-. The molecule has 0 spiro atoms. The summed E-state index contributed by atoms with van der Waals surface area (Å²) in [6.45, 7) is 2.58. The maximum absolute atomic E-state index is 5.66. The van der Waals surface area contributed by atoms with E-state index in [0.29, 0.717) is 11.7 Å². The number of nitrogens with one attached hydrogen (secondary N) is 2. The zero-order valence-electron chi connectivity index (χ0n) is 11.5. The van der Waals surface area contributed by atoms with Gasteiger partial charge in [0.05, 0.1) is 12.8 Å². The third-order valence-corrected chi connectivity index (χ3v) is 3.11. The fraction of sp³-hybridized carbons (Fsp3) is 0.200. The van der Waals surface area contributed by atoms with E-state index in [1.165, 1.54) is 0 Å². The number of thiocarbonyl (C=S) groups is 1. The number of hydrazone groups is 1. The van der Waals surface area contributed by atoms with Crippen molar-refractivity contribution in [3.05, 3.63) is 42.0 Å². The molecular formula is C15H17N3OS. The number of hydrogen-bond acceptors (Lipinski definition) is 3. The molecule has 5 heteroatoms. The van der Waals surface area contributed by atoms with Gasteiger partial charge in [0.25, 0.3) is 0 Å². The van der Waals surface area contributed by atoms with Gasteiger partial charge in [-0.15, -0.1) is 0 Å². The van der Waals surface area contributed by atoms with Crippen molar-refractivity contribution in [3.8, 4) is 5.75 Å². The van der Waals surface area contributed by atoms with Crippen molar-refractivity contribution in [2.45, 2.75) is 6.92 Å². The molecule has 0 atom stereocenters. The van der Waals surface area contributed by atoms with E-state index in [-0.39, 0.29) is 0 Å². The third kappa shape index (κ3) is 3.24. The summed E-state index contributed by atoms with van der Waals surface area (Å²) in [6, 6.07) is 12.1. The van der Waals surface area contributed by atoms with Crippen molar-refractivity contribution >= 4 is 34.3 Å². The van der Waals surface area contributed by atoms with Gasteiger partial charge in [0.15, 0.2) is 5.11 Å². The number of rotatable bonds is 4. The van der Waals surface area contributed by atoms with Crippen molar-refractivity contribution in [2.75, 3.05) is 13.7 Å². The van der Waals surface area contributed by atoms with E-state index in [4.69, 9.17) is 17.0 Å². The summed E-state index contributed by atoms with van der Waals surface area (Å²) in [5.74, 6) is 0.812. The Balaban J connectivity index is 2.41. The molecule has 20 heavy (non-hydrogen) atoms. The average molecular weight is 287 g/mol. The molecule has 0 heterocycles. The number of hydrogen-bond donors (Lipinski definition) is 2. The highest BCUT2D eigenvalue weighted by atomic mass is 32.1. The molecule has 0 aliphatic heterocycles. The van der Waals surface area contributed by atoms with E-state index >= 15 is 0 Å². The van der Waals surface area contributed by atoms with E-state index < -0.39 is 0 Å². The van der Waals surface area contributed by atoms with Crippen molar-refractivity contribution in [3.63, 3.8) is 0 Å². The minimum Gasteiger partial charge on any atom is -0.493 e. The number of fused-ring (bicyclic) bond motifs is 1. The number of nitrogens with zero attached hydrogens (tertiary/aromatic N) is 1.